The minimum absolute atomic E-state index is 0.0964. The number of hydrogen-bond acceptors (Lipinski definition) is 8. The summed E-state index contributed by atoms with van der Waals surface area (Å²) in [6, 6.07) is 22.9. The molecular formula is C29H27N5O4. The lowest BCUT2D eigenvalue weighted by molar-refractivity contribution is 0.0382. The van der Waals surface area contributed by atoms with Crippen LogP contribution in [0.3, 0.4) is 0 Å². The van der Waals surface area contributed by atoms with Crippen molar-refractivity contribution in [3.63, 3.8) is 0 Å². The summed E-state index contributed by atoms with van der Waals surface area (Å²) in [5.74, 6) is 0.142. The fourth-order valence-electron chi connectivity index (χ4n) is 4.25. The van der Waals surface area contributed by atoms with Gasteiger partial charge in [0.05, 0.1) is 13.2 Å². The molecule has 1 fully saturated rings. The number of carbonyl (C=O) groups excluding carboxylic acids is 1. The van der Waals surface area contributed by atoms with Crippen molar-refractivity contribution in [2.24, 2.45) is 0 Å². The number of ether oxygens (including phenoxy) is 2. The summed E-state index contributed by atoms with van der Waals surface area (Å²) in [5.41, 5.74) is 3.10. The van der Waals surface area contributed by atoms with Crippen molar-refractivity contribution < 1.29 is 18.7 Å². The van der Waals surface area contributed by atoms with E-state index in [1.807, 2.05) is 60.7 Å². The summed E-state index contributed by atoms with van der Waals surface area (Å²) < 4.78 is 17.1. The van der Waals surface area contributed by atoms with Gasteiger partial charge in [0.15, 0.2) is 6.61 Å². The largest absolute Gasteiger partial charge is 0.467 e. The number of carbonyl (C=O) groups is 1. The highest BCUT2D eigenvalue weighted by Gasteiger charge is 2.23. The van der Waals surface area contributed by atoms with Crippen molar-refractivity contribution >= 4 is 5.91 Å². The molecule has 0 bridgehead atoms. The molecule has 9 nitrogen and oxygen atoms in total. The normalized spacial score (nSPS) is 13.6. The third-order valence-corrected chi connectivity index (χ3v) is 6.19. The summed E-state index contributed by atoms with van der Waals surface area (Å²) in [6.07, 6.45) is 1.59. The summed E-state index contributed by atoms with van der Waals surface area (Å²) in [5, 5.41) is 12.8. The van der Waals surface area contributed by atoms with E-state index < -0.39 is 0 Å². The van der Waals surface area contributed by atoms with Crippen LogP contribution in [-0.4, -0.2) is 60.2 Å². The smallest absolute Gasteiger partial charge is 0.289 e. The van der Waals surface area contributed by atoms with Crippen LogP contribution in [0, 0.1) is 11.3 Å². The molecule has 1 N–H and O–H groups in total. The van der Waals surface area contributed by atoms with E-state index in [1.165, 1.54) is 0 Å². The molecular weight excluding hydrogens is 482 g/mol. The van der Waals surface area contributed by atoms with Gasteiger partial charge in [0.2, 0.25) is 17.5 Å². The van der Waals surface area contributed by atoms with E-state index in [4.69, 9.17) is 13.9 Å². The zero-order valence-corrected chi connectivity index (χ0v) is 20.8. The monoisotopic (exact) mass is 509 g/mol. The number of aromatic nitrogens is 2. The van der Waals surface area contributed by atoms with Gasteiger partial charge < -0.3 is 19.2 Å². The van der Waals surface area contributed by atoms with E-state index in [1.54, 1.807) is 12.3 Å². The Balaban J connectivity index is 1.34. The molecule has 38 heavy (non-hydrogen) atoms. The highest BCUT2D eigenvalue weighted by Crippen LogP contribution is 2.29. The predicted molar refractivity (Wildman–Crippen MR) is 140 cm³/mol. The maximum atomic E-state index is 13.1. The van der Waals surface area contributed by atoms with Crippen LogP contribution in [-0.2, 0) is 11.3 Å². The zero-order chi connectivity index (χ0) is 26.2. The number of benzene rings is 2. The van der Waals surface area contributed by atoms with Crippen LogP contribution in [0.25, 0.3) is 22.4 Å². The minimum Gasteiger partial charge on any atom is -0.467 e. The molecule has 3 heterocycles. The van der Waals surface area contributed by atoms with E-state index in [2.05, 4.69) is 26.3 Å². The van der Waals surface area contributed by atoms with Gasteiger partial charge in [-0.15, -0.1) is 0 Å². The van der Waals surface area contributed by atoms with Gasteiger partial charge in [-0.2, -0.15) is 5.26 Å². The molecule has 192 valence electrons. The second-order valence-electron chi connectivity index (χ2n) is 8.67. The van der Waals surface area contributed by atoms with Crippen LogP contribution in [0.15, 0.2) is 77.3 Å². The number of hydrogen-bond donors (Lipinski definition) is 1. The maximum absolute atomic E-state index is 13.1. The Kier molecular flexibility index (Phi) is 8.04. The minimum atomic E-state index is -0.349. The van der Waals surface area contributed by atoms with Gasteiger partial charge in [-0.3, -0.25) is 9.69 Å². The van der Waals surface area contributed by atoms with Crippen molar-refractivity contribution in [2.75, 3.05) is 39.4 Å². The van der Waals surface area contributed by atoms with Gasteiger partial charge in [-0.05, 0) is 11.6 Å². The van der Waals surface area contributed by atoms with E-state index in [0.29, 0.717) is 31.0 Å². The van der Waals surface area contributed by atoms with Crippen molar-refractivity contribution in [2.45, 2.75) is 6.61 Å². The van der Waals surface area contributed by atoms with Crippen LogP contribution < -0.4 is 10.1 Å². The number of morpholine rings is 1. The first-order valence-electron chi connectivity index (χ1n) is 12.4. The molecule has 0 atom stereocenters. The number of rotatable bonds is 9. The standard InChI is InChI=1S/C29H27N5O4/c30-19-24-23(21-7-3-1-4-8-21)11-12-32-29(24)37-20-25-33-26(22-9-5-2-6-10-22)27(38-25)28(35)31-13-14-34-15-17-36-18-16-34/h1-12H,13-18,20H2,(H,31,35). The molecule has 1 aliphatic heterocycles. The van der Waals surface area contributed by atoms with Crippen molar-refractivity contribution in [1.82, 2.24) is 20.2 Å². The first-order valence-corrected chi connectivity index (χ1v) is 12.4. The summed E-state index contributed by atoms with van der Waals surface area (Å²) in [6.45, 7) is 4.20. The molecule has 9 heteroatoms. The fraction of sp³-hybridized carbons (Fsp3) is 0.241. The molecule has 2 aromatic heterocycles. The number of nitrogens with one attached hydrogen (secondary N) is 1. The molecule has 4 aromatic rings. The molecule has 2 aromatic carbocycles. The topological polar surface area (TPSA) is 114 Å². The van der Waals surface area contributed by atoms with Crippen molar-refractivity contribution in [3.05, 3.63) is 90.1 Å². The Morgan fingerprint density at radius 2 is 1.74 bits per heavy atom. The van der Waals surface area contributed by atoms with Crippen LogP contribution in [0.1, 0.15) is 22.0 Å². The van der Waals surface area contributed by atoms with Crippen LogP contribution in [0.2, 0.25) is 0 Å². The molecule has 0 saturated carbocycles. The molecule has 1 amide bonds. The predicted octanol–water partition coefficient (Wildman–Crippen LogP) is 3.92. The summed E-state index contributed by atoms with van der Waals surface area (Å²) in [7, 11) is 0. The lowest BCUT2D eigenvalue weighted by Crippen LogP contribution is -2.41. The lowest BCUT2D eigenvalue weighted by Gasteiger charge is -2.26. The van der Waals surface area contributed by atoms with E-state index in [9.17, 15) is 10.1 Å². The van der Waals surface area contributed by atoms with Crippen molar-refractivity contribution in [3.8, 4) is 34.3 Å². The third kappa shape index (κ3) is 5.89. The fourth-order valence-corrected chi connectivity index (χ4v) is 4.25. The van der Waals surface area contributed by atoms with Crippen LogP contribution in [0.5, 0.6) is 5.88 Å². The lowest BCUT2D eigenvalue weighted by atomic mass is 10.0. The summed E-state index contributed by atoms with van der Waals surface area (Å²) in [4.78, 5) is 24.1. The highest BCUT2D eigenvalue weighted by atomic mass is 16.5. The Hall–Kier alpha value is -4.52. The first-order chi connectivity index (χ1) is 18.7. The van der Waals surface area contributed by atoms with E-state index >= 15 is 0 Å². The van der Waals surface area contributed by atoms with E-state index in [-0.39, 0.29) is 30.0 Å². The second kappa shape index (κ2) is 12.1. The van der Waals surface area contributed by atoms with Gasteiger partial charge in [-0.25, -0.2) is 9.97 Å². The second-order valence-corrected chi connectivity index (χ2v) is 8.67. The molecule has 1 saturated heterocycles. The number of nitrogens with zero attached hydrogens (tertiary/aromatic N) is 4. The molecule has 1 aliphatic rings. The average molecular weight is 510 g/mol. The van der Waals surface area contributed by atoms with Gasteiger partial charge in [0.1, 0.15) is 17.3 Å². The highest BCUT2D eigenvalue weighted by molar-refractivity contribution is 5.97. The first kappa shape index (κ1) is 25.1. The number of amides is 1. The molecule has 5 rings (SSSR count). The number of pyridine rings is 1. The van der Waals surface area contributed by atoms with Crippen molar-refractivity contribution in [1.29, 1.82) is 5.26 Å². The maximum Gasteiger partial charge on any atom is 0.289 e. The molecule has 0 unspecified atom stereocenters. The Morgan fingerprint density at radius 1 is 1.03 bits per heavy atom. The molecule has 0 spiro atoms. The van der Waals surface area contributed by atoms with Gasteiger partial charge in [-0.1, -0.05) is 60.7 Å². The zero-order valence-electron chi connectivity index (χ0n) is 20.8. The summed E-state index contributed by atoms with van der Waals surface area (Å²) >= 11 is 0. The van der Waals surface area contributed by atoms with Gasteiger partial charge in [0.25, 0.3) is 5.91 Å². The Morgan fingerprint density at radius 3 is 2.45 bits per heavy atom. The van der Waals surface area contributed by atoms with Crippen LogP contribution in [0.4, 0.5) is 0 Å². The number of nitriles is 1. The Labute approximate surface area is 220 Å². The quantitative estimate of drug-likeness (QED) is 0.361. The van der Waals surface area contributed by atoms with Crippen LogP contribution >= 0.6 is 0 Å². The number of oxazole rings is 1. The third-order valence-electron chi connectivity index (χ3n) is 6.19. The SMILES string of the molecule is N#Cc1c(-c2ccccc2)ccnc1OCc1nc(-c2ccccc2)c(C(=O)NCCN2CCOCC2)o1. The van der Waals surface area contributed by atoms with E-state index in [0.717, 1.165) is 36.3 Å². The Bertz CT molecular complexity index is 1410. The average Bonchev–Trinajstić information content (AvgIpc) is 3.42. The molecule has 0 aliphatic carbocycles. The molecule has 0 radical (unpaired) electrons. The van der Waals surface area contributed by atoms with Gasteiger partial charge in [0, 0.05) is 43.5 Å². The van der Waals surface area contributed by atoms with Gasteiger partial charge >= 0.3 is 0 Å².